The summed E-state index contributed by atoms with van der Waals surface area (Å²) in [6, 6.07) is -0.221. The molecule has 0 spiro atoms. The van der Waals surface area contributed by atoms with Crippen LogP contribution in [0.5, 0.6) is 0 Å². The van der Waals surface area contributed by atoms with Crippen molar-refractivity contribution in [3.05, 3.63) is 0 Å². The summed E-state index contributed by atoms with van der Waals surface area (Å²) in [5.74, 6) is -0.0124. The fourth-order valence-corrected chi connectivity index (χ4v) is 1.21. The van der Waals surface area contributed by atoms with Crippen molar-refractivity contribution in [1.82, 2.24) is 10.6 Å². The lowest BCUT2D eigenvalue weighted by Gasteiger charge is -2.15. The molecule has 2 N–H and O–H groups in total. The summed E-state index contributed by atoms with van der Waals surface area (Å²) in [7, 11) is -0.838. The third-order valence-corrected chi connectivity index (χ3v) is 3.32. The predicted molar refractivity (Wildman–Crippen MR) is 59.7 cm³/mol. The van der Waals surface area contributed by atoms with Crippen LogP contribution >= 0.6 is 0 Å². The fraction of sp³-hybridized carbons (Fsp3) is 0.889. The third kappa shape index (κ3) is 5.34. The van der Waals surface area contributed by atoms with Gasteiger partial charge in [-0.2, -0.15) is 0 Å². The van der Waals surface area contributed by atoms with E-state index < -0.39 is 10.8 Å². The molecule has 1 amide bonds. The van der Waals surface area contributed by atoms with Crippen molar-refractivity contribution >= 4 is 16.7 Å². The summed E-state index contributed by atoms with van der Waals surface area (Å²) in [4.78, 5) is 11.3. The molecule has 0 rings (SSSR count). The Labute approximate surface area is 88.3 Å². The van der Waals surface area contributed by atoms with Gasteiger partial charge in [0.1, 0.15) is 0 Å². The Kier molecular flexibility index (Phi) is 6.74. The van der Waals surface area contributed by atoms with E-state index in [1.54, 1.807) is 13.2 Å². The predicted octanol–water partition coefficient (Wildman–Crippen LogP) is -0.132. The summed E-state index contributed by atoms with van der Waals surface area (Å²) in [6.07, 6.45) is 1.67. The zero-order valence-corrected chi connectivity index (χ0v) is 10.1. The molecule has 0 radical (unpaired) electrons. The molecule has 0 aliphatic rings. The van der Waals surface area contributed by atoms with Gasteiger partial charge in [-0.3, -0.25) is 9.00 Å². The minimum Gasteiger partial charge on any atom is -0.355 e. The number of carbonyl (C=O) groups is 1. The average molecular weight is 220 g/mol. The SMILES string of the molecule is CCNC(=O)C(C)NCC(C)S(C)=O. The highest BCUT2D eigenvalue weighted by atomic mass is 32.2. The lowest BCUT2D eigenvalue weighted by Crippen LogP contribution is -2.44. The molecular formula is C9H20N2O2S. The topological polar surface area (TPSA) is 58.2 Å². The van der Waals surface area contributed by atoms with Gasteiger partial charge in [-0.25, -0.2) is 0 Å². The Morgan fingerprint density at radius 2 is 2.00 bits per heavy atom. The quantitative estimate of drug-likeness (QED) is 0.655. The standard InChI is InChI=1S/C9H20N2O2S/c1-5-10-9(12)8(3)11-6-7(2)14(4)13/h7-8,11H,5-6H2,1-4H3,(H,10,12). The first kappa shape index (κ1) is 13.6. The van der Waals surface area contributed by atoms with E-state index in [0.29, 0.717) is 13.1 Å². The second-order valence-corrected chi connectivity index (χ2v) is 5.14. The highest BCUT2D eigenvalue weighted by molar-refractivity contribution is 7.84. The first-order valence-electron chi connectivity index (χ1n) is 4.82. The van der Waals surface area contributed by atoms with Gasteiger partial charge in [-0.05, 0) is 20.8 Å². The smallest absolute Gasteiger partial charge is 0.236 e. The maximum Gasteiger partial charge on any atom is 0.236 e. The molecule has 5 heteroatoms. The Balaban J connectivity index is 3.78. The number of rotatable bonds is 6. The van der Waals surface area contributed by atoms with Crippen LogP contribution in [-0.4, -0.2) is 40.8 Å². The molecule has 3 atom stereocenters. The number of amides is 1. The van der Waals surface area contributed by atoms with Crippen molar-refractivity contribution in [2.75, 3.05) is 19.3 Å². The van der Waals surface area contributed by atoms with Crippen LogP contribution in [0, 0.1) is 0 Å². The van der Waals surface area contributed by atoms with E-state index in [1.807, 2.05) is 13.8 Å². The van der Waals surface area contributed by atoms with Gasteiger partial charge in [0, 0.05) is 35.4 Å². The van der Waals surface area contributed by atoms with Crippen molar-refractivity contribution in [1.29, 1.82) is 0 Å². The second kappa shape index (κ2) is 6.95. The molecule has 0 fully saturated rings. The van der Waals surface area contributed by atoms with Crippen molar-refractivity contribution in [2.24, 2.45) is 0 Å². The first-order chi connectivity index (χ1) is 6.49. The summed E-state index contributed by atoms with van der Waals surface area (Å²) in [5, 5.41) is 5.84. The van der Waals surface area contributed by atoms with Gasteiger partial charge in [-0.1, -0.05) is 0 Å². The molecule has 84 valence electrons. The third-order valence-electron chi connectivity index (χ3n) is 2.02. The Hall–Kier alpha value is -0.420. The van der Waals surface area contributed by atoms with E-state index >= 15 is 0 Å². The minimum atomic E-state index is -0.838. The Morgan fingerprint density at radius 1 is 1.43 bits per heavy atom. The minimum absolute atomic E-state index is 0.0124. The summed E-state index contributed by atoms with van der Waals surface area (Å²) in [5.41, 5.74) is 0. The van der Waals surface area contributed by atoms with Crippen molar-refractivity contribution in [2.45, 2.75) is 32.1 Å². The molecule has 0 aliphatic carbocycles. The maximum atomic E-state index is 11.3. The second-order valence-electron chi connectivity index (χ2n) is 3.33. The summed E-state index contributed by atoms with van der Waals surface area (Å²) >= 11 is 0. The van der Waals surface area contributed by atoms with Crippen LogP contribution in [0.3, 0.4) is 0 Å². The van der Waals surface area contributed by atoms with Crippen LogP contribution in [0.1, 0.15) is 20.8 Å². The Bertz CT molecular complexity index is 209. The van der Waals surface area contributed by atoms with Gasteiger partial charge >= 0.3 is 0 Å². The molecule has 0 aromatic carbocycles. The summed E-state index contributed by atoms with van der Waals surface area (Å²) in [6.45, 7) is 6.82. The molecule has 0 aromatic heterocycles. The van der Waals surface area contributed by atoms with E-state index in [1.165, 1.54) is 0 Å². The molecule has 0 aliphatic heterocycles. The number of carbonyl (C=O) groups excluding carboxylic acids is 1. The van der Waals surface area contributed by atoms with Gasteiger partial charge < -0.3 is 10.6 Å². The van der Waals surface area contributed by atoms with Gasteiger partial charge in [0.15, 0.2) is 0 Å². The van der Waals surface area contributed by atoms with Crippen LogP contribution in [0.15, 0.2) is 0 Å². The molecule has 0 heterocycles. The lowest BCUT2D eigenvalue weighted by molar-refractivity contribution is -0.122. The molecule has 3 unspecified atom stereocenters. The van der Waals surface area contributed by atoms with Crippen molar-refractivity contribution in [3.8, 4) is 0 Å². The van der Waals surface area contributed by atoms with E-state index in [9.17, 15) is 9.00 Å². The molecule has 0 saturated heterocycles. The van der Waals surface area contributed by atoms with Crippen LogP contribution in [-0.2, 0) is 15.6 Å². The van der Waals surface area contributed by atoms with E-state index in [2.05, 4.69) is 10.6 Å². The van der Waals surface area contributed by atoms with Gasteiger partial charge in [-0.15, -0.1) is 0 Å². The van der Waals surface area contributed by atoms with Gasteiger partial charge in [0.05, 0.1) is 6.04 Å². The fourth-order valence-electron chi connectivity index (χ4n) is 0.880. The van der Waals surface area contributed by atoms with Crippen LogP contribution < -0.4 is 10.6 Å². The Morgan fingerprint density at radius 3 is 2.43 bits per heavy atom. The van der Waals surface area contributed by atoms with Gasteiger partial charge in [0.25, 0.3) is 0 Å². The van der Waals surface area contributed by atoms with E-state index in [0.717, 1.165) is 0 Å². The van der Waals surface area contributed by atoms with Gasteiger partial charge in [0.2, 0.25) is 5.91 Å². The zero-order valence-electron chi connectivity index (χ0n) is 9.29. The zero-order chi connectivity index (χ0) is 11.1. The number of hydrogen-bond acceptors (Lipinski definition) is 3. The molecular weight excluding hydrogens is 200 g/mol. The highest BCUT2D eigenvalue weighted by Gasteiger charge is 2.13. The van der Waals surface area contributed by atoms with Crippen LogP contribution in [0.25, 0.3) is 0 Å². The lowest BCUT2D eigenvalue weighted by atomic mass is 10.3. The maximum absolute atomic E-state index is 11.3. The molecule has 14 heavy (non-hydrogen) atoms. The van der Waals surface area contributed by atoms with Crippen LogP contribution in [0.4, 0.5) is 0 Å². The molecule has 4 nitrogen and oxygen atoms in total. The number of nitrogens with one attached hydrogen (secondary N) is 2. The highest BCUT2D eigenvalue weighted by Crippen LogP contribution is 1.91. The molecule has 0 aromatic rings. The van der Waals surface area contributed by atoms with Crippen molar-refractivity contribution in [3.63, 3.8) is 0 Å². The van der Waals surface area contributed by atoms with Crippen LogP contribution in [0.2, 0.25) is 0 Å². The molecule has 0 saturated carbocycles. The number of hydrogen-bond donors (Lipinski definition) is 2. The molecule has 0 bridgehead atoms. The first-order valence-corrected chi connectivity index (χ1v) is 6.44. The largest absolute Gasteiger partial charge is 0.355 e. The van der Waals surface area contributed by atoms with E-state index in [4.69, 9.17) is 0 Å². The number of likely N-dealkylation sites (N-methyl/N-ethyl adjacent to an activating group) is 1. The summed E-state index contributed by atoms with van der Waals surface area (Å²) < 4.78 is 11.0. The monoisotopic (exact) mass is 220 g/mol. The van der Waals surface area contributed by atoms with Crippen molar-refractivity contribution < 1.29 is 9.00 Å². The average Bonchev–Trinajstić information content (AvgIpc) is 2.13. The van der Waals surface area contributed by atoms with E-state index in [-0.39, 0.29) is 17.2 Å². The normalized spacial score (nSPS) is 17.1.